The largest absolute Gasteiger partial charge is 0.396 e. The molecule has 0 spiro atoms. The van der Waals surface area contributed by atoms with Crippen molar-refractivity contribution >= 4 is 31.6 Å². The Hall–Kier alpha value is -0.700. The number of benzene rings is 1. The van der Waals surface area contributed by atoms with Gasteiger partial charge in [-0.1, -0.05) is 13.8 Å². The predicted octanol–water partition coefficient (Wildman–Crippen LogP) is 2.46. The Labute approximate surface area is 133 Å². The molecule has 120 valence electrons. The molecule has 1 aromatic carbocycles. The van der Waals surface area contributed by atoms with E-state index >= 15 is 0 Å². The van der Waals surface area contributed by atoms with Gasteiger partial charge in [0.2, 0.25) is 10.0 Å². The molecule has 2 N–H and O–H groups in total. The molecule has 21 heavy (non-hydrogen) atoms. The van der Waals surface area contributed by atoms with E-state index < -0.39 is 15.8 Å². The van der Waals surface area contributed by atoms with Crippen molar-refractivity contribution in [2.75, 3.05) is 32.5 Å². The molecule has 1 aromatic rings. The minimum Gasteiger partial charge on any atom is -0.396 e. The van der Waals surface area contributed by atoms with E-state index in [0.29, 0.717) is 6.54 Å². The molecule has 0 amide bonds. The first kappa shape index (κ1) is 18.3. The zero-order chi connectivity index (χ0) is 16.2. The Kier molecular flexibility index (Phi) is 6.58. The summed E-state index contributed by atoms with van der Waals surface area (Å²) in [6.07, 6.45) is 0. The van der Waals surface area contributed by atoms with Gasteiger partial charge in [0.15, 0.2) is 0 Å². The first-order chi connectivity index (χ1) is 9.70. The lowest BCUT2D eigenvalue weighted by molar-refractivity contribution is 0.175. The van der Waals surface area contributed by atoms with Crippen LogP contribution >= 0.6 is 15.9 Å². The van der Waals surface area contributed by atoms with Gasteiger partial charge < -0.3 is 10.5 Å². The number of nitrogens with two attached hydrogens (primary N) is 1. The summed E-state index contributed by atoms with van der Waals surface area (Å²) < 4.78 is 45.2. The molecule has 1 rings (SSSR count). The summed E-state index contributed by atoms with van der Waals surface area (Å²) >= 11 is 3.09. The third-order valence-corrected chi connectivity index (χ3v) is 5.61. The number of nitrogens with zero attached hydrogens (tertiary/aromatic N) is 1. The zero-order valence-electron chi connectivity index (χ0n) is 12.3. The first-order valence-corrected chi connectivity index (χ1v) is 8.67. The highest BCUT2D eigenvalue weighted by Crippen LogP contribution is 2.29. The van der Waals surface area contributed by atoms with Gasteiger partial charge in [0.25, 0.3) is 0 Å². The molecule has 0 aliphatic carbocycles. The summed E-state index contributed by atoms with van der Waals surface area (Å²) in [5.41, 5.74) is 5.28. The molecule has 0 radical (unpaired) electrons. The topological polar surface area (TPSA) is 72.6 Å². The van der Waals surface area contributed by atoms with Crippen molar-refractivity contribution < 1.29 is 17.5 Å². The molecule has 0 fully saturated rings. The fraction of sp³-hybridized carbons (Fsp3) is 0.538. The Balaban J connectivity index is 3.24. The van der Waals surface area contributed by atoms with Crippen molar-refractivity contribution in [1.29, 1.82) is 0 Å². The van der Waals surface area contributed by atoms with Gasteiger partial charge in [0.05, 0.1) is 17.2 Å². The number of ether oxygens (including phenoxy) is 1. The Morgan fingerprint density at radius 1 is 1.43 bits per heavy atom. The summed E-state index contributed by atoms with van der Waals surface area (Å²) in [6.45, 7) is 4.68. The van der Waals surface area contributed by atoms with Crippen LogP contribution < -0.4 is 5.73 Å². The van der Waals surface area contributed by atoms with E-state index in [1.807, 2.05) is 13.8 Å². The first-order valence-electron chi connectivity index (χ1n) is 6.43. The van der Waals surface area contributed by atoms with E-state index in [1.54, 1.807) is 0 Å². The predicted molar refractivity (Wildman–Crippen MR) is 84.0 cm³/mol. The normalized spacial score (nSPS) is 12.3. The van der Waals surface area contributed by atoms with Crippen LogP contribution in [-0.4, -0.2) is 39.5 Å². The van der Waals surface area contributed by atoms with Gasteiger partial charge in [-0.25, -0.2) is 12.8 Å². The lowest BCUT2D eigenvalue weighted by Gasteiger charge is -2.24. The van der Waals surface area contributed by atoms with E-state index in [-0.39, 0.29) is 34.1 Å². The van der Waals surface area contributed by atoms with Crippen molar-refractivity contribution in [3.8, 4) is 0 Å². The van der Waals surface area contributed by atoms with Gasteiger partial charge >= 0.3 is 0 Å². The smallest absolute Gasteiger partial charge is 0.244 e. The highest BCUT2D eigenvalue weighted by atomic mass is 79.9. The number of rotatable bonds is 7. The molecule has 0 aromatic heterocycles. The van der Waals surface area contributed by atoms with Gasteiger partial charge in [-0.05, 0) is 34.0 Å². The molecule has 0 aliphatic heterocycles. The van der Waals surface area contributed by atoms with Crippen LogP contribution in [0.3, 0.4) is 0 Å². The number of sulfonamides is 1. The molecule has 0 atom stereocenters. The van der Waals surface area contributed by atoms with Crippen molar-refractivity contribution in [3.63, 3.8) is 0 Å². The lowest BCUT2D eigenvalue weighted by Crippen LogP contribution is -2.37. The average molecular weight is 383 g/mol. The molecular formula is C13H20BrFN2O3S. The van der Waals surface area contributed by atoms with Gasteiger partial charge in [-0.3, -0.25) is 0 Å². The molecule has 0 heterocycles. The summed E-state index contributed by atoms with van der Waals surface area (Å²) in [5.74, 6) is -0.513. The quantitative estimate of drug-likeness (QED) is 0.735. The number of methoxy groups -OCH3 is 1. The molecule has 8 heteroatoms. The van der Waals surface area contributed by atoms with Crippen molar-refractivity contribution in [1.82, 2.24) is 4.31 Å². The third-order valence-electron chi connectivity index (χ3n) is 2.78. The van der Waals surface area contributed by atoms with Crippen LogP contribution in [0.15, 0.2) is 21.5 Å². The third kappa shape index (κ3) is 4.64. The number of nitrogen functional groups attached to an aromatic ring is 1. The minimum absolute atomic E-state index is 0.0434. The number of halogens is 2. The van der Waals surface area contributed by atoms with Gasteiger partial charge in [0.1, 0.15) is 5.82 Å². The van der Waals surface area contributed by atoms with Crippen LogP contribution in [-0.2, 0) is 14.8 Å². The number of hydrogen-bond acceptors (Lipinski definition) is 4. The molecule has 0 bridgehead atoms. The molecule has 0 aliphatic rings. The second-order valence-corrected chi connectivity index (χ2v) is 7.81. The van der Waals surface area contributed by atoms with Gasteiger partial charge in [-0.2, -0.15) is 4.31 Å². The SMILES string of the molecule is COCCN(CC(C)C)S(=O)(=O)c1cc(N)c(F)cc1Br. The highest BCUT2D eigenvalue weighted by Gasteiger charge is 2.28. The summed E-state index contributed by atoms with van der Waals surface area (Å²) in [5, 5.41) is 0. The van der Waals surface area contributed by atoms with Gasteiger partial charge in [-0.15, -0.1) is 0 Å². The van der Waals surface area contributed by atoms with Crippen molar-refractivity contribution in [2.45, 2.75) is 18.7 Å². The van der Waals surface area contributed by atoms with Crippen molar-refractivity contribution in [3.05, 3.63) is 22.4 Å². The molecule has 0 unspecified atom stereocenters. The number of hydrogen-bond donors (Lipinski definition) is 1. The Morgan fingerprint density at radius 2 is 2.05 bits per heavy atom. The Bertz CT molecular complexity index is 593. The van der Waals surface area contributed by atoms with E-state index in [2.05, 4.69) is 15.9 Å². The van der Waals surface area contributed by atoms with Crippen molar-refractivity contribution in [2.24, 2.45) is 5.92 Å². The van der Waals surface area contributed by atoms with Crippen LogP contribution in [0.2, 0.25) is 0 Å². The van der Waals surface area contributed by atoms with E-state index in [0.717, 1.165) is 12.1 Å². The molecule has 0 saturated heterocycles. The summed E-state index contributed by atoms with van der Waals surface area (Å²) in [7, 11) is -2.27. The fourth-order valence-electron chi connectivity index (χ4n) is 1.79. The second kappa shape index (κ2) is 7.53. The standard InChI is InChI=1S/C13H20BrFN2O3S/c1-9(2)8-17(4-5-20-3)21(18,19)13-7-12(16)11(15)6-10(13)14/h6-7,9H,4-5,8,16H2,1-3H3. The van der Waals surface area contributed by atoms with E-state index in [9.17, 15) is 12.8 Å². The Morgan fingerprint density at radius 3 is 2.57 bits per heavy atom. The zero-order valence-corrected chi connectivity index (χ0v) is 14.7. The summed E-state index contributed by atoms with van der Waals surface area (Å²) in [4.78, 5) is -0.0434. The van der Waals surface area contributed by atoms with Crippen LogP contribution in [0.5, 0.6) is 0 Å². The average Bonchev–Trinajstić information content (AvgIpc) is 2.38. The molecular weight excluding hydrogens is 363 g/mol. The number of anilines is 1. The second-order valence-electron chi connectivity index (χ2n) is 5.05. The van der Waals surface area contributed by atoms with Crippen LogP contribution in [0, 0.1) is 11.7 Å². The maximum absolute atomic E-state index is 13.4. The van der Waals surface area contributed by atoms with Crippen LogP contribution in [0.4, 0.5) is 10.1 Å². The molecule has 0 saturated carbocycles. The maximum Gasteiger partial charge on any atom is 0.244 e. The lowest BCUT2D eigenvalue weighted by atomic mass is 10.2. The highest BCUT2D eigenvalue weighted by molar-refractivity contribution is 9.10. The van der Waals surface area contributed by atoms with E-state index in [1.165, 1.54) is 11.4 Å². The monoisotopic (exact) mass is 382 g/mol. The fourth-order valence-corrected chi connectivity index (χ4v) is 4.39. The minimum atomic E-state index is -3.78. The maximum atomic E-state index is 13.4. The molecule has 5 nitrogen and oxygen atoms in total. The van der Waals surface area contributed by atoms with Gasteiger partial charge in [0, 0.05) is 24.7 Å². The van der Waals surface area contributed by atoms with Crippen LogP contribution in [0.1, 0.15) is 13.8 Å². The summed E-state index contributed by atoms with van der Waals surface area (Å²) in [6, 6.07) is 2.20. The van der Waals surface area contributed by atoms with Crippen LogP contribution in [0.25, 0.3) is 0 Å². The van der Waals surface area contributed by atoms with E-state index in [4.69, 9.17) is 10.5 Å².